The first kappa shape index (κ1) is 17.8. The molecule has 0 atom stereocenters. The molecule has 6 heteroatoms. The van der Waals surface area contributed by atoms with Gasteiger partial charge >= 0.3 is 5.97 Å². The van der Waals surface area contributed by atoms with Crippen LogP contribution in [0.4, 0.5) is 5.69 Å². The van der Waals surface area contributed by atoms with E-state index in [-0.39, 0.29) is 0 Å². The van der Waals surface area contributed by atoms with Crippen LogP contribution >= 0.6 is 0 Å². The van der Waals surface area contributed by atoms with E-state index in [4.69, 9.17) is 14.7 Å². The SMILES string of the molecule is COc1ccccc1C=CC(=O)OCC(=O)Nc1ccccc1C#N. The van der Waals surface area contributed by atoms with E-state index in [9.17, 15) is 9.59 Å². The fourth-order valence-corrected chi connectivity index (χ4v) is 2.02. The van der Waals surface area contributed by atoms with Gasteiger partial charge in [0, 0.05) is 11.6 Å². The second-order valence-corrected chi connectivity index (χ2v) is 4.89. The lowest BCUT2D eigenvalue weighted by atomic mass is 10.2. The number of rotatable bonds is 6. The summed E-state index contributed by atoms with van der Waals surface area (Å²) in [4.78, 5) is 23.5. The number of benzene rings is 2. The van der Waals surface area contributed by atoms with Gasteiger partial charge in [0.05, 0.1) is 18.4 Å². The molecule has 2 rings (SSSR count). The van der Waals surface area contributed by atoms with Crippen molar-refractivity contribution in [1.29, 1.82) is 5.26 Å². The Morgan fingerprint density at radius 1 is 1.16 bits per heavy atom. The van der Waals surface area contributed by atoms with Crippen molar-refractivity contribution in [2.24, 2.45) is 0 Å². The summed E-state index contributed by atoms with van der Waals surface area (Å²) in [5.74, 6) is -0.561. The second kappa shape index (κ2) is 8.89. The molecule has 1 amide bonds. The fourth-order valence-electron chi connectivity index (χ4n) is 2.02. The Labute approximate surface area is 145 Å². The maximum atomic E-state index is 11.8. The maximum absolute atomic E-state index is 11.8. The zero-order valence-electron chi connectivity index (χ0n) is 13.6. The van der Waals surface area contributed by atoms with Crippen molar-refractivity contribution < 1.29 is 19.1 Å². The Morgan fingerprint density at radius 3 is 2.64 bits per heavy atom. The van der Waals surface area contributed by atoms with Crippen molar-refractivity contribution >= 4 is 23.6 Å². The Morgan fingerprint density at radius 2 is 1.88 bits per heavy atom. The van der Waals surface area contributed by atoms with Gasteiger partial charge in [0.25, 0.3) is 5.91 Å². The molecule has 0 aliphatic heterocycles. The zero-order chi connectivity index (χ0) is 18.1. The number of carbonyl (C=O) groups is 2. The van der Waals surface area contributed by atoms with E-state index in [0.717, 1.165) is 0 Å². The highest BCUT2D eigenvalue weighted by Gasteiger charge is 2.08. The minimum absolute atomic E-state index is 0.332. The van der Waals surface area contributed by atoms with Crippen LogP contribution in [-0.2, 0) is 14.3 Å². The van der Waals surface area contributed by atoms with E-state index in [1.807, 2.05) is 18.2 Å². The minimum atomic E-state index is -0.658. The van der Waals surface area contributed by atoms with Gasteiger partial charge in [0.1, 0.15) is 11.8 Å². The Bertz CT molecular complexity index is 837. The molecule has 0 spiro atoms. The summed E-state index contributed by atoms with van der Waals surface area (Å²) in [6.45, 7) is -0.450. The molecule has 0 radical (unpaired) electrons. The second-order valence-electron chi connectivity index (χ2n) is 4.89. The Balaban J connectivity index is 1.88. The van der Waals surface area contributed by atoms with Crippen LogP contribution in [0, 0.1) is 11.3 Å². The molecule has 0 aliphatic carbocycles. The number of esters is 1. The monoisotopic (exact) mass is 336 g/mol. The first-order chi connectivity index (χ1) is 12.1. The molecule has 25 heavy (non-hydrogen) atoms. The van der Waals surface area contributed by atoms with E-state index < -0.39 is 18.5 Å². The molecule has 0 saturated heterocycles. The normalized spacial score (nSPS) is 10.1. The molecular weight excluding hydrogens is 320 g/mol. The largest absolute Gasteiger partial charge is 0.496 e. The van der Waals surface area contributed by atoms with E-state index in [1.165, 1.54) is 13.2 Å². The van der Waals surface area contributed by atoms with Crippen LogP contribution in [0.2, 0.25) is 0 Å². The van der Waals surface area contributed by atoms with Crippen molar-refractivity contribution in [2.45, 2.75) is 0 Å². The highest BCUT2D eigenvalue weighted by molar-refractivity contribution is 5.95. The first-order valence-electron chi connectivity index (χ1n) is 7.41. The van der Waals surface area contributed by atoms with Gasteiger partial charge in [-0.15, -0.1) is 0 Å². The molecule has 2 aromatic rings. The number of nitriles is 1. The summed E-state index contributed by atoms with van der Waals surface area (Å²) in [5.41, 5.74) is 1.42. The van der Waals surface area contributed by atoms with Gasteiger partial charge in [-0.1, -0.05) is 30.3 Å². The molecule has 2 aromatic carbocycles. The highest BCUT2D eigenvalue weighted by atomic mass is 16.5. The van der Waals surface area contributed by atoms with Crippen molar-refractivity contribution in [3.05, 3.63) is 65.7 Å². The maximum Gasteiger partial charge on any atom is 0.331 e. The van der Waals surface area contributed by atoms with Crippen LogP contribution in [0.1, 0.15) is 11.1 Å². The number of hydrogen-bond donors (Lipinski definition) is 1. The average Bonchev–Trinajstić information content (AvgIpc) is 2.65. The zero-order valence-corrected chi connectivity index (χ0v) is 13.6. The number of methoxy groups -OCH3 is 1. The third-order valence-corrected chi connectivity index (χ3v) is 3.21. The highest BCUT2D eigenvalue weighted by Crippen LogP contribution is 2.18. The summed E-state index contributed by atoms with van der Waals surface area (Å²) < 4.78 is 10.1. The molecule has 1 N–H and O–H groups in total. The molecule has 0 heterocycles. The summed E-state index contributed by atoms with van der Waals surface area (Å²) in [6, 6.07) is 15.7. The van der Waals surface area contributed by atoms with Gasteiger partial charge in [-0.2, -0.15) is 5.26 Å². The molecule has 6 nitrogen and oxygen atoms in total. The summed E-state index contributed by atoms with van der Waals surface area (Å²) in [7, 11) is 1.54. The third kappa shape index (κ3) is 5.22. The summed E-state index contributed by atoms with van der Waals surface area (Å²) >= 11 is 0. The number of carbonyl (C=O) groups excluding carboxylic acids is 2. The average molecular weight is 336 g/mol. The van der Waals surface area contributed by atoms with Crippen molar-refractivity contribution in [2.75, 3.05) is 19.0 Å². The topological polar surface area (TPSA) is 88.4 Å². The van der Waals surface area contributed by atoms with Crippen LogP contribution in [0.15, 0.2) is 54.6 Å². The Kier molecular flexibility index (Phi) is 6.32. The smallest absolute Gasteiger partial charge is 0.331 e. The van der Waals surface area contributed by atoms with E-state index >= 15 is 0 Å². The summed E-state index contributed by atoms with van der Waals surface area (Å²) in [6.07, 6.45) is 2.76. The van der Waals surface area contributed by atoms with Crippen molar-refractivity contribution in [3.8, 4) is 11.8 Å². The molecule has 0 saturated carbocycles. The summed E-state index contributed by atoms with van der Waals surface area (Å²) in [5, 5.41) is 11.5. The van der Waals surface area contributed by atoms with Gasteiger partial charge in [-0.25, -0.2) is 4.79 Å². The quantitative estimate of drug-likeness (QED) is 0.647. The van der Waals surface area contributed by atoms with Crippen LogP contribution in [-0.4, -0.2) is 25.6 Å². The Hall–Kier alpha value is -3.59. The lowest BCUT2D eigenvalue weighted by Gasteiger charge is -2.07. The van der Waals surface area contributed by atoms with Gasteiger partial charge < -0.3 is 14.8 Å². The number of hydrogen-bond acceptors (Lipinski definition) is 5. The molecule has 0 aliphatic rings. The first-order valence-corrected chi connectivity index (χ1v) is 7.41. The number of ether oxygens (including phenoxy) is 2. The van der Waals surface area contributed by atoms with Gasteiger partial charge in [-0.3, -0.25) is 4.79 Å². The van der Waals surface area contributed by atoms with Gasteiger partial charge in [-0.05, 0) is 24.3 Å². The molecule has 0 unspecified atom stereocenters. The molecular formula is C19H16N2O4. The molecule has 0 aromatic heterocycles. The molecule has 126 valence electrons. The van der Waals surface area contributed by atoms with Gasteiger partial charge in [0.15, 0.2) is 6.61 Å². The fraction of sp³-hybridized carbons (Fsp3) is 0.105. The molecule has 0 fully saturated rings. The lowest BCUT2D eigenvalue weighted by molar-refractivity contribution is -0.142. The number of para-hydroxylation sites is 2. The van der Waals surface area contributed by atoms with Crippen molar-refractivity contribution in [1.82, 2.24) is 0 Å². The third-order valence-electron chi connectivity index (χ3n) is 3.21. The number of anilines is 1. The van der Waals surface area contributed by atoms with Crippen molar-refractivity contribution in [3.63, 3.8) is 0 Å². The number of nitrogens with one attached hydrogen (secondary N) is 1. The standard InChI is InChI=1S/C19H16N2O4/c1-24-17-9-5-3-6-14(17)10-11-19(23)25-13-18(22)21-16-8-4-2-7-15(16)12-20/h2-11H,13H2,1H3,(H,21,22). The van der Waals surface area contributed by atoms with Crippen LogP contribution in [0.5, 0.6) is 5.75 Å². The van der Waals surface area contributed by atoms with E-state index in [2.05, 4.69) is 5.32 Å². The molecule has 0 bridgehead atoms. The number of nitrogens with zero attached hydrogens (tertiary/aromatic N) is 1. The van der Waals surface area contributed by atoms with Gasteiger partial charge in [0.2, 0.25) is 0 Å². The van der Waals surface area contributed by atoms with E-state index in [1.54, 1.807) is 42.5 Å². The lowest BCUT2D eigenvalue weighted by Crippen LogP contribution is -2.20. The number of amides is 1. The van der Waals surface area contributed by atoms with Crippen LogP contribution in [0.25, 0.3) is 6.08 Å². The minimum Gasteiger partial charge on any atom is -0.496 e. The predicted octanol–water partition coefficient (Wildman–Crippen LogP) is 2.76. The predicted molar refractivity (Wildman–Crippen MR) is 92.8 cm³/mol. The van der Waals surface area contributed by atoms with E-state index in [0.29, 0.717) is 22.6 Å². The van der Waals surface area contributed by atoms with Crippen LogP contribution in [0.3, 0.4) is 0 Å². The van der Waals surface area contributed by atoms with Crippen LogP contribution < -0.4 is 10.1 Å².